The van der Waals surface area contributed by atoms with E-state index in [4.69, 9.17) is 0 Å². The summed E-state index contributed by atoms with van der Waals surface area (Å²) in [6.45, 7) is 3.72. The quantitative estimate of drug-likeness (QED) is 0.542. The van der Waals surface area contributed by atoms with E-state index in [1.165, 1.54) is 0 Å². The van der Waals surface area contributed by atoms with E-state index in [-0.39, 0.29) is 5.41 Å². The van der Waals surface area contributed by atoms with Crippen LogP contribution in [0.2, 0.25) is 0 Å². The van der Waals surface area contributed by atoms with E-state index < -0.39 is 0 Å². The fraction of sp³-hybridized carbons (Fsp3) is 0.857. The lowest BCUT2D eigenvalue weighted by Gasteiger charge is -2.03. The molecule has 2 nitrogen and oxygen atoms in total. The van der Waals surface area contributed by atoms with Gasteiger partial charge >= 0.3 is 0 Å². The summed E-state index contributed by atoms with van der Waals surface area (Å²) < 4.78 is 0. The Morgan fingerprint density at radius 1 is 1.78 bits per heavy atom. The molecule has 2 unspecified atom stereocenters. The van der Waals surface area contributed by atoms with E-state index in [1.54, 1.807) is 6.92 Å². The van der Waals surface area contributed by atoms with Gasteiger partial charge in [-0.15, -0.1) is 0 Å². The zero-order chi connectivity index (χ0) is 6.48. The Morgan fingerprint density at radius 3 is 2.78 bits per heavy atom. The first-order chi connectivity index (χ1) is 4.26. The summed E-state index contributed by atoms with van der Waals surface area (Å²) in [4.78, 5) is 11.0. The number of piperidine rings is 1. The highest BCUT2D eigenvalue weighted by Gasteiger charge is 2.60. The Hall–Kier alpha value is -0.370. The molecule has 1 aliphatic carbocycles. The van der Waals surface area contributed by atoms with Gasteiger partial charge in [0.2, 0.25) is 0 Å². The molecule has 2 heteroatoms. The Bertz CT molecular complexity index is 166. The van der Waals surface area contributed by atoms with Crippen LogP contribution in [0.5, 0.6) is 0 Å². The predicted molar refractivity (Wildman–Crippen MR) is 34.1 cm³/mol. The molecule has 0 amide bonds. The van der Waals surface area contributed by atoms with Crippen molar-refractivity contribution in [3.8, 4) is 0 Å². The van der Waals surface area contributed by atoms with Crippen molar-refractivity contribution in [2.75, 3.05) is 13.1 Å². The Balaban J connectivity index is 2.19. The van der Waals surface area contributed by atoms with Crippen molar-refractivity contribution in [3.05, 3.63) is 0 Å². The largest absolute Gasteiger partial charge is 0.315 e. The number of nitrogens with one attached hydrogen (secondary N) is 1. The molecule has 1 heterocycles. The zero-order valence-electron chi connectivity index (χ0n) is 5.61. The van der Waals surface area contributed by atoms with Crippen molar-refractivity contribution in [1.82, 2.24) is 5.32 Å². The van der Waals surface area contributed by atoms with Gasteiger partial charge in [0, 0.05) is 12.0 Å². The summed E-state index contributed by atoms with van der Waals surface area (Å²) in [6.07, 6.45) is 1.15. The van der Waals surface area contributed by atoms with Gasteiger partial charge in [0.1, 0.15) is 5.78 Å². The van der Waals surface area contributed by atoms with Crippen molar-refractivity contribution in [1.29, 1.82) is 0 Å². The van der Waals surface area contributed by atoms with Crippen LogP contribution in [0.1, 0.15) is 13.3 Å². The maximum absolute atomic E-state index is 11.0. The van der Waals surface area contributed by atoms with Gasteiger partial charge in [0.25, 0.3) is 0 Å². The third-order valence-electron chi connectivity index (χ3n) is 2.76. The highest BCUT2D eigenvalue weighted by atomic mass is 16.1. The third kappa shape index (κ3) is 0.517. The number of carbonyl (C=O) groups excluding carboxylic acids is 1. The van der Waals surface area contributed by atoms with Gasteiger partial charge in [-0.25, -0.2) is 0 Å². The summed E-state index contributed by atoms with van der Waals surface area (Å²) in [7, 11) is 0. The number of fused-ring (bicyclic) bond motifs is 1. The number of ketones is 1. The lowest BCUT2D eigenvalue weighted by molar-refractivity contribution is -0.121. The molecule has 0 radical (unpaired) electrons. The van der Waals surface area contributed by atoms with E-state index in [9.17, 15) is 4.79 Å². The lowest BCUT2D eigenvalue weighted by atomic mass is 10.0. The topological polar surface area (TPSA) is 29.1 Å². The van der Waals surface area contributed by atoms with E-state index in [1.807, 2.05) is 0 Å². The molecule has 1 saturated carbocycles. The predicted octanol–water partition coefficient (Wildman–Crippen LogP) is 0.185. The number of Topliss-reactive ketones (excluding diaryl/α,β-unsaturated/α-hetero) is 1. The average Bonchev–Trinajstić information content (AvgIpc) is 2.38. The Morgan fingerprint density at radius 2 is 2.56 bits per heavy atom. The fourth-order valence-electron chi connectivity index (χ4n) is 1.89. The number of hydrogen-bond acceptors (Lipinski definition) is 2. The molecule has 2 aliphatic rings. The maximum Gasteiger partial charge on any atom is 0.137 e. The SMILES string of the molecule is CC(=O)C12CNCC1C2. The smallest absolute Gasteiger partial charge is 0.137 e. The van der Waals surface area contributed by atoms with Gasteiger partial charge in [-0.05, 0) is 25.8 Å². The monoisotopic (exact) mass is 125 g/mol. The maximum atomic E-state index is 11.0. The average molecular weight is 125 g/mol. The van der Waals surface area contributed by atoms with Crippen LogP contribution >= 0.6 is 0 Å². The van der Waals surface area contributed by atoms with Crippen molar-refractivity contribution < 1.29 is 4.79 Å². The van der Waals surface area contributed by atoms with Crippen LogP contribution in [0.3, 0.4) is 0 Å². The van der Waals surface area contributed by atoms with Gasteiger partial charge in [-0.1, -0.05) is 0 Å². The minimum absolute atomic E-state index is 0.111. The van der Waals surface area contributed by atoms with Gasteiger partial charge < -0.3 is 5.32 Å². The highest BCUT2D eigenvalue weighted by Crippen LogP contribution is 2.55. The third-order valence-corrected chi connectivity index (χ3v) is 2.76. The summed E-state index contributed by atoms with van der Waals surface area (Å²) >= 11 is 0. The molecule has 0 spiro atoms. The molecule has 1 saturated heterocycles. The standard InChI is InChI=1S/C7H11NO/c1-5(9)7-2-6(7)3-8-4-7/h6,8H,2-4H2,1H3. The second kappa shape index (κ2) is 1.37. The minimum atomic E-state index is 0.111. The second-order valence-corrected chi connectivity index (χ2v) is 3.24. The summed E-state index contributed by atoms with van der Waals surface area (Å²) in [5.41, 5.74) is 0.111. The van der Waals surface area contributed by atoms with Crippen molar-refractivity contribution in [3.63, 3.8) is 0 Å². The van der Waals surface area contributed by atoms with Crippen LogP contribution in [-0.2, 0) is 4.79 Å². The molecule has 1 N–H and O–H groups in total. The normalized spacial score (nSPS) is 46.6. The molecular weight excluding hydrogens is 114 g/mol. The van der Waals surface area contributed by atoms with Crippen LogP contribution in [0.4, 0.5) is 0 Å². The first-order valence-electron chi connectivity index (χ1n) is 3.47. The van der Waals surface area contributed by atoms with E-state index in [0.29, 0.717) is 11.7 Å². The molecule has 0 aromatic rings. The Kier molecular flexibility index (Phi) is 0.826. The first kappa shape index (κ1) is 5.42. The molecule has 1 aliphatic heterocycles. The minimum Gasteiger partial charge on any atom is -0.315 e. The van der Waals surface area contributed by atoms with Crippen LogP contribution in [0, 0.1) is 11.3 Å². The van der Waals surface area contributed by atoms with Crippen molar-refractivity contribution in [2.24, 2.45) is 11.3 Å². The molecule has 50 valence electrons. The van der Waals surface area contributed by atoms with Gasteiger partial charge in [0.05, 0.1) is 0 Å². The molecule has 2 rings (SSSR count). The van der Waals surface area contributed by atoms with Gasteiger partial charge in [0.15, 0.2) is 0 Å². The molecule has 2 fully saturated rings. The van der Waals surface area contributed by atoms with Crippen LogP contribution in [-0.4, -0.2) is 18.9 Å². The second-order valence-electron chi connectivity index (χ2n) is 3.24. The zero-order valence-corrected chi connectivity index (χ0v) is 5.61. The van der Waals surface area contributed by atoms with Crippen LogP contribution < -0.4 is 5.32 Å². The van der Waals surface area contributed by atoms with E-state index in [2.05, 4.69) is 5.32 Å². The molecule has 0 aromatic heterocycles. The lowest BCUT2D eigenvalue weighted by Crippen LogP contribution is -2.21. The highest BCUT2D eigenvalue weighted by molar-refractivity contribution is 5.86. The summed E-state index contributed by atoms with van der Waals surface area (Å²) in [5.74, 6) is 1.08. The molecule has 0 bridgehead atoms. The molecule has 9 heavy (non-hydrogen) atoms. The van der Waals surface area contributed by atoms with Crippen molar-refractivity contribution in [2.45, 2.75) is 13.3 Å². The summed E-state index contributed by atoms with van der Waals surface area (Å²) in [6, 6.07) is 0. The van der Waals surface area contributed by atoms with Crippen LogP contribution in [0.15, 0.2) is 0 Å². The van der Waals surface area contributed by atoms with E-state index in [0.717, 1.165) is 19.5 Å². The molecule has 2 atom stereocenters. The molecular formula is C7H11NO. The van der Waals surface area contributed by atoms with Crippen molar-refractivity contribution >= 4 is 5.78 Å². The summed E-state index contributed by atoms with van der Waals surface area (Å²) in [5, 5.41) is 3.22. The first-order valence-corrected chi connectivity index (χ1v) is 3.47. The molecule has 0 aromatic carbocycles. The Labute approximate surface area is 54.6 Å². The number of carbonyl (C=O) groups is 1. The van der Waals surface area contributed by atoms with E-state index >= 15 is 0 Å². The van der Waals surface area contributed by atoms with Gasteiger partial charge in [-0.2, -0.15) is 0 Å². The van der Waals surface area contributed by atoms with Gasteiger partial charge in [-0.3, -0.25) is 4.79 Å². The fourth-order valence-corrected chi connectivity index (χ4v) is 1.89. The van der Waals surface area contributed by atoms with Crippen LogP contribution in [0.25, 0.3) is 0 Å². The number of rotatable bonds is 1. The number of hydrogen-bond donors (Lipinski definition) is 1.